The van der Waals surface area contributed by atoms with E-state index in [4.69, 9.17) is 0 Å². The fraction of sp³-hybridized carbons (Fsp3) is 1.00. The van der Waals surface area contributed by atoms with E-state index in [-0.39, 0.29) is 5.54 Å². The first-order valence-corrected chi connectivity index (χ1v) is 5.88. The molecule has 0 bridgehead atoms. The van der Waals surface area contributed by atoms with Gasteiger partial charge in [-0.05, 0) is 34.2 Å². The summed E-state index contributed by atoms with van der Waals surface area (Å²) in [4.78, 5) is 0. The number of alkyl halides is 1. The molecule has 0 aliphatic heterocycles. The van der Waals surface area contributed by atoms with Crippen molar-refractivity contribution in [3.63, 3.8) is 0 Å². The summed E-state index contributed by atoms with van der Waals surface area (Å²) < 4.78 is 2.60. The van der Waals surface area contributed by atoms with Crippen molar-refractivity contribution in [3.05, 3.63) is 0 Å². The molecule has 1 nitrogen and oxygen atoms in total. The van der Waals surface area contributed by atoms with Crippen LogP contribution < -0.4 is 0 Å². The predicted octanol–water partition coefficient (Wildman–Crippen LogP) is 3.65. The lowest BCUT2D eigenvalue weighted by molar-refractivity contribution is 0.229. The van der Waals surface area contributed by atoms with Crippen LogP contribution in [0.25, 0.3) is 0 Å². The number of rotatable bonds is 3. The lowest BCUT2D eigenvalue weighted by Crippen LogP contribution is -2.51. The quantitative estimate of drug-likeness (QED) is 0.410. The van der Waals surface area contributed by atoms with Gasteiger partial charge in [-0.1, -0.05) is 29.5 Å². The molecule has 0 radical (unpaired) electrons. The van der Waals surface area contributed by atoms with E-state index < -0.39 is 0 Å². The molecule has 0 fully saturated rings. The van der Waals surface area contributed by atoms with Gasteiger partial charge in [0, 0.05) is 31.8 Å². The molecule has 0 aromatic rings. The van der Waals surface area contributed by atoms with Crippen LogP contribution >= 0.6 is 45.5 Å². The first kappa shape index (κ1) is 12.4. The second kappa shape index (κ2) is 4.09. The minimum atomic E-state index is 0.286. The first-order chi connectivity index (χ1) is 4.75. The molecular weight excluding hydrogens is 364 g/mol. The molecule has 0 rings (SSSR count). The number of hydrogen-bond acceptors (Lipinski definition) is 1. The molecule has 11 heavy (non-hydrogen) atoms. The van der Waals surface area contributed by atoms with Crippen LogP contribution in [0.2, 0.25) is 0 Å². The smallest absolute Gasteiger partial charge is 0.0411 e. The fourth-order valence-electron chi connectivity index (χ4n) is 1.00. The third-order valence-electron chi connectivity index (χ3n) is 2.65. The van der Waals surface area contributed by atoms with Crippen LogP contribution in [-0.2, 0) is 0 Å². The highest BCUT2D eigenvalue weighted by atomic mass is 127. The summed E-state index contributed by atoms with van der Waals surface area (Å²) in [6.45, 7) is 9.12. The average molecular weight is 381 g/mol. The van der Waals surface area contributed by atoms with E-state index in [1.165, 1.54) is 6.42 Å². The molecular formula is C8H17I2N. The Morgan fingerprint density at radius 1 is 1.27 bits per heavy atom. The minimum absolute atomic E-state index is 0.286. The van der Waals surface area contributed by atoms with E-state index in [0.717, 1.165) is 0 Å². The molecule has 68 valence electrons. The normalized spacial score (nSPS) is 18.5. The van der Waals surface area contributed by atoms with E-state index in [1.807, 2.05) is 0 Å². The Balaban J connectivity index is 4.61. The Morgan fingerprint density at radius 2 is 1.64 bits per heavy atom. The lowest BCUT2D eigenvalue weighted by Gasteiger charge is -2.43. The maximum Gasteiger partial charge on any atom is 0.0411 e. The molecule has 1 unspecified atom stereocenters. The van der Waals surface area contributed by atoms with Crippen molar-refractivity contribution < 1.29 is 0 Å². The van der Waals surface area contributed by atoms with E-state index in [2.05, 4.69) is 83.3 Å². The topological polar surface area (TPSA) is 3.24 Å². The predicted molar refractivity (Wildman–Crippen MR) is 68.6 cm³/mol. The highest BCUT2D eigenvalue weighted by molar-refractivity contribution is 14.1. The monoisotopic (exact) mass is 381 g/mol. The zero-order chi connectivity index (χ0) is 9.28. The average Bonchev–Trinajstić information content (AvgIpc) is 1.83. The van der Waals surface area contributed by atoms with Gasteiger partial charge >= 0.3 is 0 Å². The molecule has 0 amide bonds. The Hall–Kier alpha value is 1.42. The third kappa shape index (κ3) is 2.69. The molecule has 0 aromatic carbocycles. The summed E-state index contributed by atoms with van der Waals surface area (Å²) >= 11 is 4.90. The van der Waals surface area contributed by atoms with Crippen LogP contribution in [0, 0.1) is 0 Å². The van der Waals surface area contributed by atoms with Crippen molar-refractivity contribution in [2.24, 2.45) is 0 Å². The SMILES string of the molecule is CCC(C)(N(C)I)C(C)(C)I. The number of hydrogen-bond donors (Lipinski definition) is 0. The van der Waals surface area contributed by atoms with Gasteiger partial charge in [0.05, 0.1) is 0 Å². The Bertz CT molecular complexity index is 129. The van der Waals surface area contributed by atoms with E-state index in [0.29, 0.717) is 3.42 Å². The number of halogens is 2. The molecule has 0 aromatic heterocycles. The first-order valence-electron chi connectivity index (χ1n) is 3.84. The van der Waals surface area contributed by atoms with Crippen molar-refractivity contribution >= 4 is 45.5 Å². The van der Waals surface area contributed by atoms with Crippen molar-refractivity contribution in [2.75, 3.05) is 7.05 Å². The van der Waals surface area contributed by atoms with Crippen LogP contribution in [0.15, 0.2) is 0 Å². The van der Waals surface area contributed by atoms with E-state index in [1.54, 1.807) is 0 Å². The fourth-order valence-corrected chi connectivity index (χ4v) is 3.15. The summed E-state index contributed by atoms with van der Waals surface area (Å²) in [6, 6.07) is 0. The largest absolute Gasteiger partial charge is 0.243 e. The lowest BCUT2D eigenvalue weighted by atomic mass is 9.86. The van der Waals surface area contributed by atoms with Crippen molar-refractivity contribution in [2.45, 2.75) is 43.1 Å². The minimum Gasteiger partial charge on any atom is -0.243 e. The van der Waals surface area contributed by atoms with E-state index >= 15 is 0 Å². The zero-order valence-electron chi connectivity index (χ0n) is 7.91. The van der Waals surface area contributed by atoms with Crippen molar-refractivity contribution in [1.82, 2.24) is 3.11 Å². The van der Waals surface area contributed by atoms with Gasteiger partial charge in [-0.3, -0.25) is 0 Å². The third-order valence-corrected chi connectivity index (χ3v) is 4.88. The van der Waals surface area contributed by atoms with Crippen LogP contribution in [0.1, 0.15) is 34.1 Å². The van der Waals surface area contributed by atoms with Gasteiger partial charge in [-0.2, -0.15) is 0 Å². The summed E-state index contributed by atoms with van der Waals surface area (Å²) in [6.07, 6.45) is 1.18. The van der Waals surface area contributed by atoms with Gasteiger partial charge in [0.2, 0.25) is 0 Å². The second-order valence-electron chi connectivity index (χ2n) is 3.58. The number of nitrogens with zero attached hydrogens (tertiary/aromatic N) is 1. The van der Waals surface area contributed by atoms with Gasteiger partial charge in [0.1, 0.15) is 0 Å². The highest BCUT2D eigenvalue weighted by Crippen LogP contribution is 2.39. The Labute approximate surface area is 97.9 Å². The van der Waals surface area contributed by atoms with Gasteiger partial charge in [0.15, 0.2) is 0 Å². The molecule has 0 saturated carbocycles. The van der Waals surface area contributed by atoms with Crippen LogP contribution in [0.4, 0.5) is 0 Å². The van der Waals surface area contributed by atoms with Crippen LogP contribution in [0.3, 0.4) is 0 Å². The standard InChI is InChI=1S/C8H17I2N/c1-6-8(4,11(5)10)7(2,3)9/h6H2,1-5H3. The molecule has 1 atom stereocenters. The summed E-state index contributed by atoms with van der Waals surface area (Å²) in [5, 5.41) is 0. The second-order valence-corrected chi connectivity index (χ2v) is 7.72. The maximum atomic E-state index is 2.52. The molecule has 0 aliphatic carbocycles. The summed E-state index contributed by atoms with van der Waals surface area (Å²) in [7, 11) is 2.14. The molecule has 0 saturated heterocycles. The van der Waals surface area contributed by atoms with Gasteiger partial charge in [-0.15, -0.1) is 0 Å². The van der Waals surface area contributed by atoms with Crippen LogP contribution in [-0.4, -0.2) is 19.1 Å². The van der Waals surface area contributed by atoms with Gasteiger partial charge in [-0.25, -0.2) is 3.11 Å². The van der Waals surface area contributed by atoms with Crippen molar-refractivity contribution in [1.29, 1.82) is 0 Å². The molecule has 0 spiro atoms. The van der Waals surface area contributed by atoms with E-state index in [9.17, 15) is 0 Å². The molecule has 0 N–H and O–H groups in total. The molecule has 0 heterocycles. The Kier molecular flexibility index (Phi) is 4.61. The highest BCUT2D eigenvalue weighted by Gasteiger charge is 2.40. The zero-order valence-corrected chi connectivity index (χ0v) is 12.2. The van der Waals surface area contributed by atoms with Crippen LogP contribution in [0.5, 0.6) is 0 Å². The van der Waals surface area contributed by atoms with Crippen molar-refractivity contribution in [3.8, 4) is 0 Å². The summed E-state index contributed by atoms with van der Waals surface area (Å²) in [5.74, 6) is 0. The maximum absolute atomic E-state index is 2.52. The Morgan fingerprint density at radius 3 is 1.64 bits per heavy atom. The van der Waals surface area contributed by atoms with Gasteiger partial charge in [0.25, 0.3) is 0 Å². The molecule has 3 heteroatoms. The summed E-state index contributed by atoms with van der Waals surface area (Å²) in [5.41, 5.74) is 0.286. The van der Waals surface area contributed by atoms with Gasteiger partial charge < -0.3 is 0 Å². The molecule has 0 aliphatic rings.